The Morgan fingerprint density at radius 1 is 0.267 bits per heavy atom. The lowest BCUT2D eigenvalue weighted by molar-refractivity contribution is -0.115. The standard InChI is InChI=1S/3C10H14O2.C9H11NO2.3C9H12O2.C8H9NO2.3C8H10O2.C7H8O2/c1-2-5-9(11)8-6-3-4-7-10(8)12;1-2-4-10(12)8-5-3-6-9(11)7-8;1-2-3-10(12)8-4-6-9(11)7-5-8;1-7(12)10-9-4-2-3-8(5-9)6-11;1-2-9(11)7-3-5-8(10)6-4-7;1-2-9(11)7-4-3-5-8(10)6-7;1-2-8(10)7-5-3-4-6-9(7)11;1-6(10)9-7-3-2-4-8(11)5-7;1-6(9)7-2-4-8(10)5-3-7;1-6(9)7-3-2-4-8(10)5-7;1-6(9)7-4-2-3-5-8(7)10;1-5-4-6(8)2-3-7(5)9/h3-4,6-7,9,11-12H,2,5H2,1H3;3,5-7,10-12H,2,4H2,1H3;4-7,10-12H,2-3H2,1H3;2-5,11H,6H2,1H3,(H,10,12);2*3-6,9-11H,2H2,1H3;3-6,8,10-11H,2H2,1H3;2-5,11H,1H3,(H,9,10);3*2-6,9-10H,1H3;2-4,8-9H,1H3. The van der Waals surface area contributed by atoms with E-state index in [2.05, 4.69) is 10.6 Å². The summed E-state index contributed by atoms with van der Waals surface area (Å²) in [7, 11) is 0. The molecule has 131 heavy (non-hydrogen) atoms. The maximum Gasteiger partial charge on any atom is 0.221 e. The van der Waals surface area contributed by atoms with Crippen LogP contribution in [0.15, 0.2) is 285 Å². The van der Waals surface area contributed by atoms with Gasteiger partial charge in [0.05, 0.1) is 61.5 Å². The number of nitrogens with one attached hydrogen (secondary N) is 2. The first-order valence-electron chi connectivity index (χ1n) is 42.9. The maximum atomic E-state index is 10.6. The van der Waals surface area contributed by atoms with E-state index in [1.807, 2.05) is 53.7 Å². The average molecular weight is 1810 g/mol. The Bertz CT molecular complexity index is 5070. The molecule has 0 aliphatic carbocycles. The van der Waals surface area contributed by atoms with Gasteiger partial charge in [-0.1, -0.05) is 206 Å². The Hall–Kier alpha value is -13.2. The zero-order valence-corrected chi connectivity index (χ0v) is 76.6. The SMILES string of the molecule is CC(=O)Nc1cccc(CO)c1.CC(=O)Nc1cccc(O)c1.CC(O)c1ccc(O)cc1.CC(O)c1cccc(O)c1.CC(O)c1ccccc1O.CCC(O)c1ccc(O)cc1.CCC(O)c1cccc(O)c1.CCC(O)c1ccccc1O.CCCC(O)c1ccc(O)cc1.CCCC(O)c1cccc(O)c1.CCCC(O)c1ccccc1O.Cc1cc(O)ccc1O. The quantitative estimate of drug-likeness (QED) is 0.0297. The first kappa shape index (κ1) is 116. The highest BCUT2D eigenvalue weighted by atomic mass is 16.3. The lowest BCUT2D eigenvalue weighted by Gasteiger charge is -2.10. The second-order valence-corrected chi connectivity index (χ2v) is 29.7. The fourth-order valence-corrected chi connectivity index (χ4v) is 11.2. The van der Waals surface area contributed by atoms with Crippen LogP contribution < -0.4 is 10.6 Å². The monoisotopic (exact) mass is 1810 g/mol. The molecule has 710 valence electrons. The highest BCUT2D eigenvalue weighted by Crippen LogP contribution is 2.30. The van der Waals surface area contributed by atoms with Crippen LogP contribution in [0.25, 0.3) is 0 Å². The number of rotatable bonds is 21. The van der Waals surface area contributed by atoms with Crippen LogP contribution in [0, 0.1) is 6.92 Å². The predicted molar refractivity (Wildman–Crippen MR) is 514 cm³/mol. The van der Waals surface area contributed by atoms with Gasteiger partial charge in [-0.3, -0.25) is 9.59 Å². The molecule has 24 N–H and O–H groups in total. The predicted octanol–water partition coefficient (Wildman–Crippen LogP) is 20.4. The topological polar surface area (TPSA) is 503 Å². The molecule has 9 unspecified atom stereocenters. The van der Waals surface area contributed by atoms with E-state index in [0.29, 0.717) is 59.3 Å². The smallest absolute Gasteiger partial charge is 0.221 e. The number of phenols is 12. The normalized spacial score (nSPS) is 12.0. The number of carbonyl (C=O) groups excluding carboxylic acids is 2. The van der Waals surface area contributed by atoms with Gasteiger partial charge in [-0.25, -0.2) is 0 Å². The molecular formula is C105H136N2O24. The van der Waals surface area contributed by atoms with Gasteiger partial charge in [0, 0.05) is 48.0 Å². The van der Waals surface area contributed by atoms with Crippen LogP contribution >= 0.6 is 0 Å². The van der Waals surface area contributed by atoms with Crippen molar-refractivity contribution >= 4 is 23.2 Å². The van der Waals surface area contributed by atoms with Crippen molar-refractivity contribution in [3.63, 3.8) is 0 Å². The van der Waals surface area contributed by atoms with Crippen molar-refractivity contribution in [3.05, 3.63) is 346 Å². The molecule has 12 aromatic carbocycles. The summed E-state index contributed by atoms with van der Waals surface area (Å²) in [5.41, 5.74) is 9.45. The molecule has 12 aromatic rings. The van der Waals surface area contributed by atoms with Crippen LogP contribution in [-0.4, -0.2) is 124 Å². The van der Waals surface area contributed by atoms with E-state index in [-0.39, 0.29) is 87.4 Å². The Labute approximate surface area is 769 Å². The first-order valence-corrected chi connectivity index (χ1v) is 42.9. The van der Waals surface area contributed by atoms with Gasteiger partial charge in [0.1, 0.15) is 69.0 Å². The molecule has 0 saturated heterocycles. The van der Waals surface area contributed by atoms with Crippen LogP contribution in [0.4, 0.5) is 11.4 Å². The Morgan fingerprint density at radius 2 is 0.573 bits per heavy atom. The van der Waals surface area contributed by atoms with E-state index in [1.54, 1.807) is 276 Å². The van der Waals surface area contributed by atoms with Gasteiger partial charge in [-0.15, -0.1) is 0 Å². The number of aromatic hydroxyl groups is 12. The molecule has 0 spiro atoms. The van der Waals surface area contributed by atoms with Crippen molar-refractivity contribution in [1.82, 2.24) is 0 Å². The summed E-state index contributed by atoms with van der Waals surface area (Å²) in [6.07, 6.45) is 2.67. The number of anilines is 2. The molecule has 0 aromatic heterocycles. The summed E-state index contributed by atoms with van der Waals surface area (Å²) in [5, 5.41) is 206. The van der Waals surface area contributed by atoms with Gasteiger partial charge in [0.15, 0.2) is 0 Å². The summed E-state index contributed by atoms with van der Waals surface area (Å²) in [5.74, 6) is 2.10. The van der Waals surface area contributed by atoms with Crippen LogP contribution in [0.3, 0.4) is 0 Å². The van der Waals surface area contributed by atoms with E-state index < -0.39 is 54.9 Å². The lowest BCUT2D eigenvalue weighted by Crippen LogP contribution is -2.05. The fraction of sp³-hybridized carbons (Fsp3) is 0.295. The number of aryl methyl sites for hydroxylation is 1. The van der Waals surface area contributed by atoms with Gasteiger partial charge in [0.2, 0.25) is 11.8 Å². The van der Waals surface area contributed by atoms with Crippen molar-refractivity contribution in [2.75, 3.05) is 10.6 Å². The summed E-state index contributed by atoms with van der Waals surface area (Å²) < 4.78 is 0. The zero-order valence-electron chi connectivity index (χ0n) is 76.6. The van der Waals surface area contributed by atoms with Gasteiger partial charge < -0.3 is 123 Å². The minimum atomic E-state index is -0.596. The largest absolute Gasteiger partial charge is 0.508 e. The number of amides is 2. The number of benzene rings is 12. The molecule has 0 aliphatic rings. The molecule has 0 radical (unpaired) electrons. The molecule has 0 fully saturated rings. The number of hydrogen-bond acceptors (Lipinski definition) is 24. The van der Waals surface area contributed by atoms with Crippen LogP contribution in [-0.2, 0) is 16.2 Å². The minimum Gasteiger partial charge on any atom is -0.508 e. The molecule has 0 aliphatic heterocycles. The Kier molecular flexibility index (Phi) is 58.5. The minimum absolute atomic E-state index is 0.00652. The molecule has 0 heterocycles. The van der Waals surface area contributed by atoms with Gasteiger partial charge in [-0.2, -0.15) is 0 Å². The highest BCUT2D eigenvalue weighted by molar-refractivity contribution is 5.89. The average Bonchev–Trinajstić information content (AvgIpc) is 0.853. The van der Waals surface area contributed by atoms with Crippen LogP contribution in [0.5, 0.6) is 69.0 Å². The third-order valence-electron chi connectivity index (χ3n) is 18.4. The van der Waals surface area contributed by atoms with E-state index in [9.17, 15) is 50.4 Å². The molecule has 0 saturated carbocycles. The molecule has 0 bridgehead atoms. The number of aliphatic hydroxyl groups excluding tert-OH is 10. The molecular weight excluding hydrogens is 1670 g/mol. The van der Waals surface area contributed by atoms with E-state index in [1.165, 1.54) is 38.1 Å². The molecule has 26 nitrogen and oxygen atoms in total. The van der Waals surface area contributed by atoms with E-state index >= 15 is 0 Å². The van der Waals surface area contributed by atoms with Crippen molar-refractivity contribution in [3.8, 4) is 69.0 Å². The molecule has 26 heteroatoms. The number of aliphatic hydroxyl groups is 10. The summed E-state index contributed by atoms with van der Waals surface area (Å²) in [6, 6.07) is 78.3. The van der Waals surface area contributed by atoms with E-state index in [4.69, 9.17) is 71.5 Å². The number of phenolic OH excluding ortho intramolecular Hbond substituents is 12. The number of hydrogen-bond donors (Lipinski definition) is 24. The van der Waals surface area contributed by atoms with Crippen molar-refractivity contribution < 1.29 is 122 Å². The number of para-hydroxylation sites is 3. The summed E-state index contributed by atoms with van der Waals surface area (Å²) in [4.78, 5) is 21.2. The lowest BCUT2D eigenvalue weighted by atomic mass is 10.0. The fourth-order valence-electron chi connectivity index (χ4n) is 11.2. The third kappa shape index (κ3) is 50.9. The summed E-state index contributed by atoms with van der Waals surface area (Å²) in [6.45, 7) is 21.3. The zero-order chi connectivity index (χ0) is 98.5. The van der Waals surface area contributed by atoms with Gasteiger partial charge in [-0.05, 0) is 244 Å². The number of carbonyl (C=O) groups is 2. The molecule has 2 amide bonds. The maximum absolute atomic E-state index is 10.6. The molecule has 9 atom stereocenters. The Morgan fingerprint density at radius 3 is 0.908 bits per heavy atom. The third-order valence-corrected chi connectivity index (χ3v) is 18.4. The highest BCUT2D eigenvalue weighted by Gasteiger charge is 2.13. The summed E-state index contributed by atoms with van der Waals surface area (Å²) >= 11 is 0. The van der Waals surface area contributed by atoms with Crippen molar-refractivity contribution in [2.45, 2.75) is 202 Å². The van der Waals surface area contributed by atoms with E-state index in [0.717, 1.165) is 71.0 Å². The van der Waals surface area contributed by atoms with Crippen LogP contribution in [0.1, 0.15) is 250 Å². The second-order valence-electron chi connectivity index (χ2n) is 29.7. The van der Waals surface area contributed by atoms with Crippen LogP contribution in [0.2, 0.25) is 0 Å². The van der Waals surface area contributed by atoms with Crippen molar-refractivity contribution in [1.29, 1.82) is 0 Å². The molecule has 12 rings (SSSR count). The Balaban J connectivity index is 0.000000715. The van der Waals surface area contributed by atoms with Gasteiger partial charge in [0.25, 0.3) is 0 Å². The first-order chi connectivity index (χ1) is 62.2. The van der Waals surface area contributed by atoms with Gasteiger partial charge >= 0.3 is 0 Å². The van der Waals surface area contributed by atoms with Crippen molar-refractivity contribution in [2.24, 2.45) is 0 Å². The second kappa shape index (κ2) is 66.2.